The second-order valence-corrected chi connectivity index (χ2v) is 4.59. The van der Waals surface area contributed by atoms with Gasteiger partial charge in [0.2, 0.25) is 0 Å². The molecule has 0 fully saturated rings. The van der Waals surface area contributed by atoms with Gasteiger partial charge in [-0.2, -0.15) is 0 Å². The number of nitrogens with two attached hydrogens (primary N) is 1. The van der Waals surface area contributed by atoms with Gasteiger partial charge in [0.1, 0.15) is 4.99 Å². The van der Waals surface area contributed by atoms with Crippen LogP contribution in [0.5, 0.6) is 0 Å². The lowest BCUT2D eigenvalue weighted by Gasteiger charge is -2.12. The number of hydrogen-bond donors (Lipinski definition) is 1. The van der Waals surface area contributed by atoms with E-state index in [-0.39, 0.29) is 0 Å². The minimum atomic E-state index is 0.494. The summed E-state index contributed by atoms with van der Waals surface area (Å²) in [5.74, 6) is 0.638. The highest BCUT2D eigenvalue weighted by Crippen LogP contribution is 2.16. The van der Waals surface area contributed by atoms with Crippen LogP contribution in [-0.4, -0.2) is 9.56 Å². The van der Waals surface area contributed by atoms with Crippen molar-refractivity contribution in [1.82, 2.24) is 4.57 Å². The first-order valence-corrected chi connectivity index (χ1v) is 5.30. The largest absolute Gasteiger partial charge is 0.389 e. The van der Waals surface area contributed by atoms with Crippen LogP contribution in [0.15, 0.2) is 6.07 Å². The summed E-state index contributed by atoms with van der Waals surface area (Å²) in [6, 6.07) is 2.07. The molecule has 0 aliphatic rings. The van der Waals surface area contributed by atoms with E-state index in [2.05, 4.69) is 38.3 Å². The van der Waals surface area contributed by atoms with E-state index in [1.807, 2.05) is 0 Å². The van der Waals surface area contributed by atoms with E-state index in [1.165, 1.54) is 11.4 Å². The maximum Gasteiger partial charge on any atom is 0.105 e. The van der Waals surface area contributed by atoms with Crippen LogP contribution in [0.1, 0.15) is 30.8 Å². The summed E-state index contributed by atoms with van der Waals surface area (Å²) < 4.78 is 2.28. The number of aryl methyl sites for hydroxylation is 1. The number of rotatable bonds is 3. The second kappa shape index (κ2) is 4.13. The molecule has 0 aliphatic heterocycles. The van der Waals surface area contributed by atoms with Gasteiger partial charge < -0.3 is 10.3 Å². The van der Waals surface area contributed by atoms with Gasteiger partial charge in [-0.3, -0.25) is 0 Å². The van der Waals surface area contributed by atoms with Crippen molar-refractivity contribution in [2.75, 3.05) is 0 Å². The molecule has 1 aromatic rings. The molecular formula is C11H18N2S. The zero-order valence-corrected chi connectivity index (χ0v) is 10.1. The number of aromatic nitrogens is 1. The normalized spacial score (nSPS) is 10.9. The molecule has 78 valence electrons. The minimum Gasteiger partial charge on any atom is -0.389 e. The first kappa shape index (κ1) is 11.2. The Hall–Kier alpha value is -0.830. The van der Waals surface area contributed by atoms with Gasteiger partial charge in [0.15, 0.2) is 0 Å². The van der Waals surface area contributed by atoms with Crippen molar-refractivity contribution in [3.8, 4) is 0 Å². The third-order valence-corrected chi connectivity index (χ3v) is 2.61. The molecule has 1 rings (SSSR count). The predicted octanol–water partition coefficient (Wildman–Crippen LogP) is 2.40. The van der Waals surface area contributed by atoms with Gasteiger partial charge in [-0.15, -0.1) is 0 Å². The van der Waals surface area contributed by atoms with Gasteiger partial charge in [-0.25, -0.2) is 0 Å². The molecule has 0 unspecified atom stereocenters. The molecule has 1 aromatic heterocycles. The molecule has 0 bridgehead atoms. The summed E-state index contributed by atoms with van der Waals surface area (Å²) in [6.07, 6.45) is 0. The molecule has 1 heterocycles. The fraction of sp³-hybridized carbons (Fsp3) is 0.545. The highest BCUT2D eigenvalue weighted by atomic mass is 32.1. The van der Waals surface area contributed by atoms with Gasteiger partial charge in [-0.1, -0.05) is 26.1 Å². The molecule has 0 saturated carbocycles. The molecule has 3 heteroatoms. The average Bonchev–Trinajstić information content (AvgIpc) is 2.31. The van der Waals surface area contributed by atoms with E-state index in [0.29, 0.717) is 10.9 Å². The van der Waals surface area contributed by atoms with Crippen LogP contribution >= 0.6 is 12.2 Å². The van der Waals surface area contributed by atoms with Crippen molar-refractivity contribution in [1.29, 1.82) is 0 Å². The van der Waals surface area contributed by atoms with Crippen molar-refractivity contribution in [3.63, 3.8) is 0 Å². The molecule has 0 aliphatic carbocycles. The average molecular weight is 210 g/mol. The van der Waals surface area contributed by atoms with Crippen LogP contribution in [0.3, 0.4) is 0 Å². The molecule has 2 nitrogen and oxygen atoms in total. The zero-order chi connectivity index (χ0) is 10.9. The third-order valence-electron chi connectivity index (χ3n) is 2.39. The summed E-state index contributed by atoms with van der Waals surface area (Å²) in [5, 5.41) is 0. The molecule has 14 heavy (non-hydrogen) atoms. The molecule has 0 saturated heterocycles. The third kappa shape index (κ3) is 2.15. The first-order chi connectivity index (χ1) is 6.43. The molecule has 0 atom stereocenters. The van der Waals surface area contributed by atoms with E-state index in [9.17, 15) is 0 Å². The molecule has 0 aromatic carbocycles. The second-order valence-electron chi connectivity index (χ2n) is 4.15. The number of nitrogens with zero attached hydrogens (tertiary/aromatic N) is 1. The van der Waals surface area contributed by atoms with E-state index in [1.54, 1.807) is 0 Å². The molecule has 0 amide bonds. The van der Waals surface area contributed by atoms with Crippen LogP contribution in [0.4, 0.5) is 0 Å². The van der Waals surface area contributed by atoms with E-state index < -0.39 is 0 Å². The van der Waals surface area contributed by atoms with Crippen molar-refractivity contribution in [2.45, 2.75) is 34.2 Å². The van der Waals surface area contributed by atoms with Gasteiger partial charge >= 0.3 is 0 Å². The monoisotopic (exact) mass is 210 g/mol. The van der Waals surface area contributed by atoms with E-state index in [4.69, 9.17) is 18.0 Å². The van der Waals surface area contributed by atoms with E-state index in [0.717, 1.165) is 12.1 Å². The van der Waals surface area contributed by atoms with Crippen molar-refractivity contribution in [2.24, 2.45) is 11.7 Å². The SMILES string of the molecule is Cc1cc(C(N)=S)c(C)n1CC(C)C. The quantitative estimate of drug-likeness (QED) is 0.777. The van der Waals surface area contributed by atoms with Crippen LogP contribution < -0.4 is 5.73 Å². The molecule has 0 spiro atoms. The lowest BCUT2D eigenvalue weighted by atomic mass is 10.2. The van der Waals surface area contributed by atoms with Gasteiger partial charge in [0.05, 0.1) is 0 Å². The Morgan fingerprint density at radius 1 is 1.50 bits per heavy atom. The Kier molecular flexibility index (Phi) is 3.32. The topological polar surface area (TPSA) is 30.9 Å². The number of hydrogen-bond acceptors (Lipinski definition) is 1. The maximum atomic E-state index is 5.65. The molecular weight excluding hydrogens is 192 g/mol. The first-order valence-electron chi connectivity index (χ1n) is 4.90. The Morgan fingerprint density at radius 2 is 2.07 bits per heavy atom. The summed E-state index contributed by atoms with van der Waals surface area (Å²) in [5.41, 5.74) is 9.08. The highest BCUT2D eigenvalue weighted by molar-refractivity contribution is 7.80. The van der Waals surface area contributed by atoms with Gasteiger partial charge in [-0.05, 0) is 25.8 Å². The Balaban J connectivity index is 3.11. The summed E-state index contributed by atoms with van der Waals surface area (Å²) in [6.45, 7) is 9.61. The van der Waals surface area contributed by atoms with Crippen LogP contribution in [0, 0.1) is 19.8 Å². The van der Waals surface area contributed by atoms with Crippen molar-refractivity contribution >= 4 is 17.2 Å². The van der Waals surface area contributed by atoms with Gasteiger partial charge in [0.25, 0.3) is 0 Å². The summed E-state index contributed by atoms with van der Waals surface area (Å²) in [4.78, 5) is 0.494. The maximum absolute atomic E-state index is 5.65. The van der Waals surface area contributed by atoms with Gasteiger partial charge in [0, 0.05) is 23.5 Å². The smallest absolute Gasteiger partial charge is 0.105 e. The lowest BCUT2D eigenvalue weighted by molar-refractivity contribution is 0.509. The minimum absolute atomic E-state index is 0.494. The Labute approximate surface area is 91.1 Å². The Bertz CT molecular complexity index is 350. The Morgan fingerprint density at radius 3 is 2.43 bits per heavy atom. The predicted molar refractivity (Wildman–Crippen MR) is 64.6 cm³/mol. The molecule has 0 radical (unpaired) electrons. The standard InChI is InChI=1S/C11H18N2S/c1-7(2)6-13-8(3)5-10(9(13)4)11(12)14/h5,7H,6H2,1-4H3,(H2,12,14). The van der Waals surface area contributed by atoms with Crippen molar-refractivity contribution < 1.29 is 0 Å². The van der Waals surface area contributed by atoms with E-state index >= 15 is 0 Å². The number of thiocarbonyl (C=S) groups is 1. The van der Waals surface area contributed by atoms with Crippen molar-refractivity contribution in [3.05, 3.63) is 23.0 Å². The lowest BCUT2D eigenvalue weighted by Crippen LogP contribution is -2.12. The van der Waals surface area contributed by atoms with Crippen LogP contribution in [0.25, 0.3) is 0 Å². The fourth-order valence-electron chi connectivity index (χ4n) is 1.70. The van der Waals surface area contributed by atoms with Crippen LogP contribution in [0.2, 0.25) is 0 Å². The van der Waals surface area contributed by atoms with Crippen LogP contribution in [-0.2, 0) is 6.54 Å². The highest BCUT2D eigenvalue weighted by Gasteiger charge is 2.11. The molecule has 2 N–H and O–H groups in total. The summed E-state index contributed by atoms with van der Waals surface area (Å²) in [7, 11) is 0. The fourth-order valence-corrected chi connectivity index (χ4v) is 1.90. The zero-order valence-electron chi connectivity index (χ0n) is 9.29. The summed E-state index contributed by atoms with van der Waals surface area (Å²) >= 11 is 5.00.